The van der Waals surface area contributed by atoms with Crippen LogP contribution in [0.4, 0.5) is 8.78 Å². The van der Waals surface area contributed by atoms with Gasteiger partial charge < -0.3 is 14.4 Å². The van der Waals surface area contributed by atoms with Gasteiger partial charge in [0.2, 0.25) is 5.88 Å². The van der Waals surface area contributed by atoms with Crippen molar-refractivity contribution in [2.75, 3.05) is 0 Å². The van der Waals surface area contributed by atoms with E-state index >= 15 is 0 Å². The van der Waals surface area contributed by atoms with Crippen LogP contribution in [0.15, 0.2) is 47.1 Å². The van der Waals surface area contributed by atoms with E-state index in [1.807, 2.05) is 6.07 Å². The molecule has 7 heteroatoms. The average Bonchev–Trinajstić information content (AvgIpc) is 2.76. The summed E-state index contributed by atoms with van der Waals surface area (Å²) < 4.78 is 31.0. The smallest absolute Gasteiger partial charge is 0.387 e. The molecule has 0 spiro atoms. The van der Waals surface area contributed by atoms with Gasteiger partial charge in [0.1, 0.15) is 5.75 Å². The fraction of sp³-hybridized carbons (Fsp3) is 0.125. The van der Waals surface area contributed by atoms with Crippen LogP contribution in [0.2, 0.25) is 5.02 Å². The molecule has 0 fully saturated rings. The summed E-state index contributed by atoms with van der Waals surface area (Å²) in [4.78, 5) is 0. The van der Waals surface area contributed by atoms with Gasteiger partial charge in [-0.15, -0.1) is 0 Å². The lowest BCUT2D eigenvalue weighted by Gasteiger charge is -2.07. The van der Waals surface area contributed by atoms with Crippen LogP contribution in [0.3, 0.4) is 0 Å². The van der Waals surface area contributed by atoms with Crippen molar-refractivity contribution < 1.29 is 18.6 Å². The molecule has 3 aromatic rings. The Morgan fingerprint density at radius 3 is 2.57 bits per heavy atom. The third kappa shape index (κ3) is 3.43. The molecule has 0 atom stereocenters. The van der Waals surface area contributed by atoms with Gasteiger partial charge in [-0.1, -0.05) is 39.7 Å². The number of alkyl halides is 2. The predicted octanol–water partition coefficient (Wildman–Crippen LogP) is 5.41. The fourth-order valence-corrected chi connectivity index (χ4v) is 3.32. The average molecular weight is 403 g/mol. The second kappa shape index (κ2) is 6.37. The van der Waals surface area contributed by atoms with E-state index in [0.29, 0.717) is 17.0 Å². The zero-order valence-corrected chi connectivity index (χ0v) is 14.0. The Morgan fingerprint density at radius 1 is 1.22 bits per heavy atom. The largest absolute Gasteiger partial charge is 0.494 e. The lowest BCUT2D eigenvalue weighted by Crippen LogP contribution is -2.02. The van der Waals surface area contributed by atoms with E-state index in [1.165, 1.54) is 12.1 Å². The maximum Gasteiger partial charge on any atom is 0.387 e. The van der Waals surface area contributed by atoms with Crippen molar-refractivity contribution in [3.8, 4) is 11.6 Å². The molecule has 120 valence electrons. The number of fused-ring (bicyclic) bond motifs is 1. The minimum atomic E-state index is -2.85. The summed E-state index contributed by atoms with van der Waals surface area (Å²) >= 11 is 9.52. The highest BCUT2D eigenvalue weighted by molar-refractivity contribution is 9.10. The Morgan fingerprint density at radius 2 is 1.91 bits per heavy atom. The molecule has 0 amide bonds. The van der Waals surface area contributed by atoms with Crippen LogP contribution in [0.1, 0.15) is 5.56 Å². The summed E-state index contributed by atoms with van der Waals surface area (Å²) in [7, 11) is 0. The number of aromatic nitrogens is 1. The molecule has 3 rings (SSSR count). The van der Waals surface area contributed by atoms with Gasteiger partial charge in [0.25, 0.3) is 0 Å². The van der Waals surface area contributed by atoms with Crippen LogP contribution in [-0.2, 0) is 6.54 Å². The molecule has 2 aromatic carbocycles. The van der Waals surface area contributed by atoms with Crippen LogP contribution >= 0.6 is 27.5 Å². The first kappa shape index (κ1) is 16.1. The van der Waals surface area contributed by atoms with Gasteiger partial charge in [0, 0.05) is 16.1 Å². The van der Waals surface area contributed by atoms with Crippen molar-refractivity contribution in [3.63, 3.8) is 0 Å². The fourth-order valence-electron chi connectivity index (χ4n) is 2.40. The van der Waals surface area contributed by atoms with E-state index in [2.05, 4.69) is 20.7 Å². The van der Waals surface area contributed by atoms with Gasteiger partial charge >= 0.3 is 6.61 Å². The predicted molar refractivity (Wildman–Crippen MR) is 88.5 cm³/mol. The molecule has 23 heavy (non-hydrogen) atoms. The van der Waals surface area contributed by atoms with Crippen LogP contribution in [-0.4, -0.2) is 16.3 Å². The molecule has 0 unspecified atom stereocenters. The highest BCUT2D eigenvalue weighted by Crippen LogP contribution is 2.36. The number of aromatic hydroxyl groups is 1. The van der Waals surface area contributed by atoms with E-state index in [0.717, 1.165) is 15.4 Å². The second-order valence-corrected chi connectivity index (χ2v) is 6.28. The summed E-state index contributed by atoms with van der Waals surface area (Å²) in [5.74, 6) is 0.156. The summed E-state index contributed by atoms with van der Waals surface area (Å²) in [5.41, 5.74) is 0.831. The van der Waals surface area contributed by atoms with Crippen molar-refractivity contribution in [2.24, 2.45) is 0 Å². The molecule has 0 bridgehead atoms. The minimum Gasteiger partial charge on any atom is -0.494 e. The van der Waals surface area contributed by atoms with Gasteiger partial charge in [0.05, 0.1) is 17.0 Å². The van der Waals surface area contributed by atoms with Crippen molar-refractivity contribution in [1.82, 2.24) is 4.57 Å². The van der Waals surface area contributed by atoms with Gasteiger partial charge in [-0.25, -0.2) is 0 Å². The number of nitrogens with zero attached hydrogens (tertiary/aromatic N) is 1. The number of hydrogen-bond donors (Lipinski definition) is 1. The molecule has 3 nitrogen and oxygen atoms in total. The van der Waals surface area contributed by atoms with Gasteiger partial charge in [0.15, 0.2) is 0 Å². The van der Waals surface area contributed by atoms with Crippen molar-refractivity contribution >= 4 is 38.3 Å². The molecular weight excluding hydrogens is 392 g/mol. The molecule has 1 N–H and O–H groups in total. The minimum absolute atomic E-state index is 0.0606. The van der Waals surface area contributed by atoms with Crippen LogP contribution in [0.5, 0.6) is 11.6 Å². The zero-order chi connectivity index (χ0) is 16.6. The number of benzene rings is 2. The summed E-state index contributed by atoms with van der Waals surface area (Å²) in [6.07, 6.45) is 1.78. The zero-order valence-electron chi connectivity index (χ0n) is 11.6. The van der Waals surface area contributed by atoms with Gasteiger partial charge in [-0.05, 0) is 29.8 Å². The third-order valence-corrected chi connectivity index (χ3v) is 4.13. The highest BCUT2D eigenvalue weighted by Gasteiger charge is 2.13. The first-order valence-electron chi connectivity index (χ1n) is 6.64. The molecule has 0 aliphatic carbocycles. The van der Waals surface area contributed by atoms with E-state index in [4.69, 9.17) is 11.6 Å². The van der Waals surface area contributed by atoms with E-state index in [1.54, 1.807) is 29.0 Å². The number of ether oxygens (including phenoxy) is 1. The molecule has 0 saturated heterocycles. The first-order chi connectivity index (χ1) is 10.9. The topological polar surface area (TPSA) is 34.4 Å². The van der Waals surface area contributed by atoms with Crippen molar-refractivity contribution in [1.29, 1.82) is 0 Å². The van der Waals surface area contributed by atoms with E-state index in [9.17, 15) is 13.9 Å². The number of halogens is 4. The number of hydrogen-bond acceptors (Lipinski definition) is 2. The second-order valence-electron chi connectivity index (χ2n) is 4.95. The van der Waals surface area contributed by atoms with Gasteiger partial charge in [-0.3, -0.25) is 0 Å². The molecular formula is C16H11BrClF2NO2. The Bertz CT molecular complexity index is 849. The Kier molecular flexibility index (Phi) is 4.46. The quantitative estimate of drug-likeness (QED) is 0.633. The summed E-state index contributed by atoms with van der Waals surface area (Å²) in [5, 5.41) is 12.2. The van der Waals surface area contributed by atoms with Crippen molar-refractivity contribution in [3.05, 3.63) is 57.7 Å². The molecule has 0 saturated carbocycles. The third-order valence-electron chi connectivity index (χ3n) is 3.38. The first-order valence-corrected chi connectivity index (χ1v) is 7.82. The summed E-state index contributed by atoms with van der Waals surface area (Å²) in [6.45, 7) is -2.47. The lowest BCUT2D eigenvalue weighted by atomic mass is 10.2. The molecule has 1 heterocycles. The monoisotopic (exact) mass is 401 g/mol. The van der Waals surface area contributed by atoms with Crippen LogP contribution in [0.25, 0.3) is 10.8 Å². The molecule has 0 radical (unpaired) electrons. The Hall–Kier alpha value is -1.79. The Labute approximate surface area is 144 Å². The lowest BCUT2D eigenvalue weighted by molar-refractivity contribution is -0.0498. The Balaban J connectivity index is 1.89. The standard InChI is InChI=1S/C16H11BrClF2NO2/c17-11-5-10-8-21(15(22)14(10)13(18)6-11)7-9-1-3-12(4-2-9)23-16(19)20/h1-6,8,16,22H,7H2. The molecule has 1 aromatic heterocycles. The molecule has 0 aliphatic rings. The maximum absolute atomic E-state index is 12.1. The summed E-state index contributed by atoms with van der Waals surface area (Å²) in [6, 6.07) is 9.83. The van der Waals surface area contributed by atoms with E-state index in [-0.39, 0.29) is 11.6 Å². The van der Waals surface area contributed by atoms with Crippen LogP contribution < -0.4 is 4.74 Å². The SMILES string of the molecule is Oc1c2c(Cl)cc(Br)cc2cn1Cc1ccc(OC(F)F)cc1. The molecule has 0 aliphatic heterocycles. The van der Waals surface area contributed by atoms with Crippen molar-refractivity contribution in [2.45, 2.75) is 13.2 Å². The maximum atomic E-state index is 12.1. The van der Waals surface area contributed by atoms with Crippen LogP contribution in [0, 0.1) is 0 Å². The highest BCUT2D eigenvalue weighted by atomic mass is 79.9. The normalized spacial score (nSPS) is 11.3. The number of rotatable bonds is 4. The van der Waals surface area contributed by atoms with Gasteiger partial charge in [-0.2, -0.15) is 8.78 Å². The van der Waals surface area contributed by atoms with E-state index < -0.39 is 6.61 Å².